The number of anilines is 2. The van der Waals surface area contributed by atoms with Crippen LogP contribution in [-0.4, -0.2) is 53.8 Å². The number of amides is 2. The van der Waals surface area contributed by atoms with Gasteiger partial charge in [0.15, 0.2) is 0 Å². The summed E-state index contributed by atoms with van der Waals surface area (Å²) in [7, 11) is 0. The van der Waals surface area contributed by atoms with Crippen LogP contribution in [0.4, 0.5) is 17.1 Å². The van der Waals surface area contributed by atoms with Crippen LogP contribution >= 0.6 is 0 Å². The molecule has 2 aromatic carbocycles. The van der Waals surface area contributed by atoms with Gasteiger partial charge in [0.2, 0.25) is 11.8 Å². The van der Waals surface area contributed by atoms with E-state index in [1.54, 1.807) is 22.9 Å². The molecule has 2 aromatic rings. The highest BCUT2D eigenvalue weighted by atomic mass is 16.6. The number of nitrogens with zero attached hydrogens (tertiary/aromatic N) is 5. The van der Waals surface area contributed by atoms with E-state index in [4.69, 9.17) is 5.84 Å². The molecule has 33 heavy (non-hydrogen) atoms. The molecule has 3 aliphatic heterocycles. The number of hydrogen-bond acceptors (Lipinski definition) is 7. The summed E-state index contributed by atoms with van der Waals surface area (Å²) in [5.41, 5.74) is 5.02. The lowest BCUT2D eigenvalue weighted by atomic mass is 10.1. The van der Waals surface area contributed by atoms with Gasteiger partial charge in [0.05, 0.1) is 18.0 Å². The number of non-ortho nitro benzene ring substituents is 1. The van der Waals surface area contributed by atoms with E-state index in [9.17, 15) is 19.7 Å². The summed E-state index contributed by atoms with van der Waals surface area (Å²) < 4.78 is 0. The fraction of sp³-hybridized carbons (Fsp3) is 0.348. The molecular weight excluding hydrogens is 424 g/mol. The Morgan fingerprint density at radius 2 is 1.52 bits per heavy atom. The first-order valence-corrected chi connectivity index (χ1v) is 10.8. The van der Waals surface area contributed by atoms with Gasteiger partial charge in [0, 0.05) is 56.0 Å². The molecule has 0 aliphatic carbocycles. The number of carbonyl (C=O) groups excluding carboxylic acids is 2. The van der Waals surface area contributed by atoms with E-state index in [1.165, 1.54) is 24.6 Å². The highest BCUT2D eigenvalue weighted by Crippen LogP contribution is 2.31. The Bertz CT molecular complexity index is 1160. The zero-order valence-electron chi connectivity index (χ0n) is 18.7. The van der Waals surface area contributed by atoms with Crippen LogP contribution in [0.25, 0.3) is 0 Å². The maximum absolute atomic E-state index is 11.5. The second-order valence-electron chi connectivity index (χ2n) is 8.15. The number of rotatable bonds is 2. The van der Waals surface area contributed by atoms with Crippen LogP contribution in [0.2, 0.25) is 0 Å². The molecule has 0 radical (unpaired) electrons. The molecule has 0 saturated carbocycles. The molecule has 0 aromatic heterocycles. The molecular formula is C23H26N6O4. The lowest BCUT2D eigenvalue weighted by molar-refractivity contribution is -0.384. The van der Waals surface area contributed by atoms with Crippen molar-refractivity contribution in [3.8, 4) is 0 Å². The average Bonchev–Trinajstić information content (AvgIpc) is 3.50. The summed E-state index contributed by atoms with van der Waals surface area (Å²) >= 11 is 0. The lowest BCUT2D eigenvalue weighted by Gasteiger charge is -2.16. The highest BCUT2D eigenvalue weighted by molar-refractivity contribution is 6.01. The quantitative estimate of drug-likeness (QED) is 0.424. The molecule has 0 fully saturated rings. The number of fused-ring (bicyclic) bond motifs is 2. The Balaban J connectivity index is 0.000000160. The van der Waals surface area contributed by atoms with E-state index in [-0.39, 0.29) is 17.5 Å². The van der Waals surface area contributed by atoms with Crippen LogP contribution in [-0.2, 0) is 22.4 Å². The number of nitrogens with two attached hydrogens (primary N) is 1. The SMILES string of the molecule is CC(=O)N1CCc2cc(C3=NCCN3N)ccc21.CC(=O)N1CCc2cc([N+](=O)[O-])ccc21. The molecule has 10 heteroatoms. The van der Waals surface area contributed by atoms with Crippen molar-refractivity contribution < 1.29 is 14.5 Å². The molecule has 0 bridgehead atoms. The zero-order chi connectivity index (χ0) is 23.7. The Morgan fingerprint density at radius 1 is 0.939 bits per heavy atom. The summed E-state index contributed by atoms with van der Waals surface area (Å²) in [5, 5.41) is 12.2. The molecule has 5 rings (SSSR count). The minimum absolute atomic E-state index is 0.0254. The average molecular weight is 450 g/mol. The third-order valence-corrected chi connectivity index (χ3v) is 6.04. The summed E-state index contributed by atoms with van der Waals surface area (Å²) in [4.78, 5) is 40.7. The van der Waals surface area contributed by atoms with Crippen molar-refractivity contribution in [1.29, 1.82) is 0 Å². The van der Waals surface area contributed by atoms with Crippen LogP contribution in [0.1, 0.15) is 30.5 Å². The molecule has 3 aliphatic rings. The Kier molecular flexibility index (Phi) is 6.10. The van der Waals surface area contributed by atoms with Crippen LogP contribution < -0.4 is 15.6 Å². The molecule has 0 atom stereocenters. The number of nitro benzene ring substituents is 1. The van der Waals surface area contributed by atoms with Crippen molar-refractivity contribution in [2.24, 2.45) is 10.8 Å². The second kappa shape index (κ2) is 8.99. The van der Waals surface area contributed by atoms with Gasteiger partial charge in [-0.15, -0.1) is 0 Å². The predicted molar refractivity (Wildman–Crippen MR) is 125 cm³/mol. The molecule has 2 N–H and O–H groups in total. The van der Waals surface area contributed by atoms with Gasteiger partial charge in [-0.1, -0.05) is 0 Å². The van der Waals surface area contributed by atoms with E-state index < -0.39 is 4.92 Å². The van der Waals surface area contributed by atoms with Gasteiger partial charge in [-0.2, -0.15) is 0 Å². The van der Waals surface area contributed by atoms with Gasteiger partial charge in [-0.3, -0.25) is 29.7 Å². The second-order valence-corrected chi connectivity index (χ2v) is 8.15. The molecule has 0 saturated heterocycles. The topological polar surface area (TPSA) is 125 Å². The van der Waals surface area contributed by atoms with Crippen molar-refractivity contribution in [1.82, 2.24) is 5.01 Å². The van der Waals surface area contributed by atoms with Gasteiger partial charge >= 0.3 is 0 Å². The largest absolute Gasteiger partial charge is 0.312 e. The molecule has 3 heterocycles. The molecule has 172 valence electrons. The van der Waals surface area contributed by atoms with E-state index >= 15 is 0 Å². The van der Waals surface area contributed by atoms with E-state index in [0.29, 0.717) is 13.0 Å². The number of amidine groups is 1. The Labute approximate surface area is 191 Å². The highest BCUT2D eigenvalue weighted by Gasteiger charge is 2.25. The molecule has 2 amide bonds. The van der Waals surface area contributed by atoms with Crippen LogP contribution in [0, 0.1) is 10.1 Å². The number of carbonyl (C=O) groups is 2. The van der Waals surface area contributed by atoms with Crippen LogP contribution in [0.3, 0.4) is 0 Å². The Hall–Kier alpha value is -3.79. The summed E-state index contributed by atoms with van der Waals surface area (Å²) in [6.07, 6.45) is 1.59. The lowest BCUT2D eigenvalue weighted by Crippen LogP contribution is -2.35. The maximum Gasteiger partial charge on any atom is 0.269 e. The van der Waals surface area contributed by atoms with Crippen LogP contribution in [0.5, 0.6) is 0 Å². The van der Waals surface area contributed by atoms with Gasteiger partial charge in [-0.25, -0.2) is 5.84 Å². The molecule has 10 nitrogen and oxygen atoms in total. The smallest absolute Gasteiger partial charge is 0.269 e. The van der Waals surface area contributed by atoms with Gasteiger partial charge in [0.1, 0.15) is 5.84 Å². The summed E-state index contributed by atoms with van der Waals surface area (Å²) in [5.74, 6) is 6.79. The molecule has 0 unspecified atom stereocenters. The van der Waals surface area contributed by atoms with E-state index in [2.05, 4.69) is 11.1 Å². The standard InChI is InChI=1S/C13H16N4O.C10H10N2O3/c1-9(18)16-6-4-10-8-11(2-3-12(10)16)13-15-5-7-17(13)14;1-7(13)11-5-4-8-6-9(12(14)15)2-3-10(8)11/h2-3,8H,4-7,14H2,1H3;2-3,6H,4-5H2,1H3. The fourth-order valence-corrected chi connectivity index (χ4v) is 4.41. The third-order valence-electron chi connectivity index (χ3n) is 6.04. The maximum atomic E-state index is 11.5. The number of hydrogen-bond donors (Lipinski definition) is 1. The monoisotopic (exact) mass is 450 g/mol. The fourth-order valence-electron chi connectivity index (χ4n) is 4.41. The minimum Gasteiger partial charge on any atom is -0.312 e. The van der Waals surface area contributed by atoms with Gasteiger partial charge < -0.3 is 9.80 Å². The van der Waals surface area contributed by atoms with E-state index in [1.807, 2.05) is 17.0 Å². The zero-order valence-corrected chi connectivity index (χ0v) is 18.7. The number of hydrazine groups is 1. The van der Waals surface area contributed by atoms with Gasteiger partial charge in [-0.05, 0) is 48.2 Å². The first-order chi connectivity index (χ1) is 15.8. The first-order valence-electron chi connectivity index (χ1n) is 10.8. The number of nitro groups is 1. The Morgan fingerprint density at radius 3 is 2.03 bits per heavy atom. The van der Waals surface area contributed by atoms with E-state index in [0.717, 1.165) is 54.4 Å². The van der Waals surface area contributed by atoms with Crippen molar-refractivity contribution in [3.63, 3.8) is 0 Å². The normalized spacial score (nSPS) is 16.1. The van der Waals surface area contributed by atoms with Crippen LogP contribution in [0.15, 0.2) is 41.4 Å². The number of benzene rings is 2. The minimum atomic E-state index is -0.420. The molecule has 0 spiro atoms. The first kappa shape index (κ1) is 22.4. The van der Waals surface area contributed by atoms with Crippen molar-refractivity contribution >= 4 is 34.7 Å². The van der Waals surface area contributed by atoms with Crippen molar-refractivity contribution in [2.45, 2.75) is 26.7 Å². The summed E-state index contributed by atoms with van der Waals surface area (Å²) in [6, 6.07) is 10.7. The third kappa shape index (κ3) is 4.42. The number of aliphatic imine (C=N–C) groups is 1. The predicted octanol–water partition coefficient (Wildman–Crippen LogP) is 2.04. The van der Waals surface area contributed by atoms with Crippen molar-refractivity contribution in [2.75, 3.05) is 36.0 Å². The van der Waals surface area contributed by atoms with Gasteiger partial charge in [0.25, 0.3) is 5.69 Å². The summed E-state index contributed by atoms with van der Waals surface area (Å²) in [6.45, 7) is 6.01. The van der Waals surface area contributed by atoms with Crippen molar-refractivity contribution in [3.05, 3.63) is 63.2 Å².